The van der Waals surface area contributed by atoms with Gasteiger partial charge in [0.1, 0.15) is 10.5 Å². The summed E-state index contributed by atoms with van der Waals surface area (Å²) in [4.78, 5) is 29.0. The lowest BCUT2D eigenvalue weighted by molar-refractivity contribution is -0.116. The van der Waals surface area contributed by atoms with Gasteiger partial charge in [-0.2, -0.15) is 0 Å². The number of thioether (sulfide) groups is 2. The van der Waals surface area contributed by atoms with Crippen molar-refractivity contribution in [2.75, 3.05) is 10.6 Å². The van der Waals surface area contributed by atoms with E-state index in [1.54, 1.807) is 0 Å². The van der Waals surface area contributed by atoms with E-state index in [9.17, 15) is 9.59 Å². The zero-order chi connectivity index (χ0) is 32.3. The maximum Gasteiger partial charge on any atom is 0.242 e. The van der Waals surface area contributed by atoms with Gasteiger partial charge < -0.3 is 10.6 Å². The summed E-state index contributed by atoms with van der Waals surface area (Å²) in [7, 11) is 0. The minimum atomic E-state index is -0.378. The highest BCUT2D eigenvalue weighted by Crippen LogP contribution is 2.37. The molecule has 0 aliphatic carbocycles. The molecule has 2 amide bonds. The minimum absolute atomic E-state index is 0.0629. The van der Waals surface area contributed by atoms with E-state index in [1.807, 2.05) is 170 Å². The van der Waals surface area contributed by atoms with Gasteiger partial charge in [-0.05, 0) is 77.2 Å². The van der Waals surface area contributed by atoms with Gasteiger partial charge in [-0.1, -0.05) is 121 Å². The summed E-state index contributed by atoms with van der Waals surface area (Å²) in [5, 5.41) is 5.47. The Balaban J connectivity index is 1.07. The Morgan fingerprint density at radius 2 is 0.745 bits per heavy atom. The quantitative estimate of drug-likeness (QED) is 0.129. The summed E-state index contributed by atoms with van der Waals surface area (Å²) >= 11 is 3.08. The molecule has 47 heavy (non-hydrogen) atoms. The molecule has 0 fully saturated rings. The second-order valence-corrected chi connectivity index (χ2v) is 13.3. The molecule has 4 nitrogen and oxygen atoms in total. The Bertz CT molecular complexity index is 1730. The summed E-state index contributed by atoms with van der Waals surface area (Å²) in [6.07, 6.45) is 0.732. The third-order valence-electron chi connectivity index (χ3n) is 7.53. The van der Waals surface area contributed by atoms with E-state index in [0.29, 0.717) is 0 Å². The number of nitrogens with one attached hydrogen (secondary N) is 2. The second kappa shape index (κ2) is 16.0. The van der Waals surface area contributed by atoms with Crippen molar-refractivity contribution in [3.05, 3.63) is 192 Å². The molecule has 6 heteroatoms. The van der Waals surface area contributed by atoms with Crippen molar-refractivity contribution in [2.24, 2.45) is 0 Å². The molecule has 0 aromatic heterocycles. The molecule has 6 rings (SSSR count). The van der Waals surface area contributed by atoms with Crippen molar-refractivity contribution in [2.45, 2.75) is 26.7 Å². The maximum atomic E-state index is 13.5. The van der Waals surface area contributed by atoms with E-state index in [4.69, 9.17) is 0 Å². The van der Waals surface area contributed by atoms with Crippen LogP contribution in [-0.4, -0.2) is 11.8 Å². The number of anilines is 2. The highest BCUT2D eigenvalue weighted by atomic mass is 32.2. The SMILES string of the molecule is O=C(Nc1ccc(Cc2ccc(NC(=O)C(Sc3ccccc3)c3ccccc3)cc2)cc1)C(Sc1ccccc1)c1ccccc1. The van der Waals surface area contributed by atoms with Crippen molar-refractivity contribution >= 4 is 46.7 Å². The molecule has 0 heterocycles. The van der Waals surface area contributed by atoms with Gasteiger partial charge in [0, 0.05) is 21.2 Å². The number of hydrogen-bond acceptors (Lipinski definition) is 4. The van der Waals surface area contributed by atoms with Crippen molar-refractivity contribution in [3.8, 4) is 0 Å². The van der Waals surface area contributed by atoms with Crippen LogP contribution in [0.2, 0.25) is 0 Å². The largest absolute Gasteiger partial charge is 0.325 e. The lowest BCUT2D eigenvalue weighted by Crippen LogP contribution is -2.19. The molecule has 0 bridgehead atoms. The van der Waals surface area contributed by atoms with Gasteiger partial charge in [0.05, 0.1) is 0 Å². The van der Waals surface area contributed by atoms with Crippen LogP contribution >= 0.6 is 23.5 Å². The molecule has 0 aliphatic rings. The van der Waals surface area contributed by atoms with Crippen LogP contribution in [0, 0.1) is 0 Å². The smallest absolute Gasteiger partial charge is 0.242 e. The first-order valence-corrected chi connectivity index (χ1v) is 17.2. The predicted octanol–water partition coefficient (Wildman–Crippen LogP) is 10.2. The number of amides is 2. The number of rotatable bonds is 12. The molecule has 0 saturated carbocycles. The fraction of sp³-hybridized carbons (Fsp3) is 0.0732. The van der Waals surface area contributed by atoms with Crippen LogP contribution in [0.1, 0.15) is 32.8 Å². The van der Waals surface area contributed by atoms with Crippen LogP contribution in [-0.2, 0) is 16.0 Å². The third-order valence-corrected chi connectivity index (χ3v) is 10.1. The molecule has 6 aromatic carbocycles. The van der Waals surface area contributed by atoms with Gasteiger partial charge in [0.15, 0.2) is 0 Å². The van der Waals surface area contributed by atoms with Crippen LogP contribution in [0.5, 0.6) is 0 Å². The summed E-state index contributed by atoms with van der Waals surface area (Å²) in [5.74, 6) is -0.126. The predicted molar refractivity (Wildman–Crippen MR) is 196 cm³/mol. The van der Waals surface area contributed by atoms with Crippen LogP contribution in [0.25, 0.3) is 0 Å². The second-order valence-electron chi connectivity index (χ2n) is 11.0. The molecular formula is C41H34N2O2S2. The lowest BCUT2D eigenvalue weighted by atomic mass is 10.0. The Labute approximate surface area is 284 Å². The fourth-order valence-electron chi connectivity index (χ4n) is 5.13. The average Bonchev–Trinajstić information content (AvgIpc) is 3.13. The average molecular weight is 651 g/mol. The van der Waals surface area contributed by atoms with E-state index in [-0.39, 0.29) is 22.3 Å². The molecule has 232 valence electrons. The lowest BCUT2D eigenvalue weighted by Gasteiger charge is -2.17. The Hall–Kier alpha value is -5.04. The minimum Gasteiger partial charge on any atom is -0.325 e. The van der Waals surface area contributed by atoms with Crippen LogP contribution < -0.4 is 10.6 Å². The zero-order valence-corrected chi connectivity index (χ0v) is 27.3. The number of carbonyl (C=O) groups excluding carboxylic acids is 2. The van der Waals surface area contributed by atoms with Gasteiger partial charge in [-0.3, -0.25) is 9.59 Å². The van der Waals surface area contributed by atoms with E-state index in [0.717, 1.165) is 49.8 Å². The summed E-state index contributed by atoms with van der Waals surface area (Å²) in [6, 6.07) is 55.7. The topological polar surface area (TPSA) is 58.2 Å². The van der Waals surface area contributed by atoms with Crippen molar-refractivity contribution < 1.29 is 9.59 Å². The summed E-state index contributed by atoms with van der Waals surface area (Å²) < 4.78 is 0. The van der Waals surface area contributed by atoms with Crippen molar-refractivity contribution in [1.82, 2.24) is 0 Å². The van der Waals surface area contributed by atoms with E-state index < -0.39 is 0 Å². The van der Waals surface area contributed by atoms with Gasteiger partial charge in [0.2, 0.25) is 11.8 Å². The number of carbonyl (C=O) groups is 2. The Kier molecular flexibility index (Phi) is 10.9. The first-order valence-electron chi connectivity index (χ1n) is 15.4. The molecule has 2 atom stereocenters. The summed E-state index contributed by atoms with van der Waals surface area (Å²) in [6.45, 7) is 0. The first-order chi connectivity index (χ1) is 23.1. The first kappa shape index (κ1) is 31.9. The Morgan fingerprint density at radius 3 is 1.09 bits per heavy atom. The van der Waals surface area contributed by atoms with Crippen LogP contribution in [0.3, 0.4) is 0 Å². The standard InChI is InChI=1S/C41H34N2O2S2/c44-40(38(32-13-5-1-6-14-32)46-36-17-9-3-10-18-36)42-34-25-21-30(22-26-34)29-31-23-27-35(28-24-31)43-41(45)39(33-15-7-2-8-16-33)47-37-19-11-4-12-20-37/h1-28,38-39H,29H2,(H,42,44)(H,43,45). The van der Waals surface area contributed by atoms with Crippen molar-refractivity contribution in [1.29, 1.82) is 0 Å². The molecule has 0 aliphatic heterocycles. The van der Waals surface area contributed by atoms with E-state index in [2.05, 4.69) is 10.6 Å². The Morgan fingerprint density at radius 1 is 0.426 bits per heavy atom. The molecule has 0 radical (unpaired) electrons. The van der Waals surface area contributed by atoms with E-state index >= 15 is 0 Å². The number of benzene rings is 6. The molecule has 2 N–H and O–H groups in total. The highest BCUT2D eigenvalue weighted by Gasteiger charge is 2.23. The zero-order valence-electron chi connectivity index (χ0n) is 25.7. The fourth-order valence-corrected chi connectivity index (χ4v) is 7.23. The van der Waals surface area contributed by atoms with Gasteiger partial charge in [-0.15, -0.1) is 23.5 Å². The van der Waals surface area contributed by atoms with E-state index in [1.165, 1.54) is 23.5 Å². The third kappa shape index (κ3) is 9.03. The molecule has 0 spiro atoms. The number of hydrogen-bond donors (Lipinski definition) is 2. The van der Waals surface area contributed by atoms with Gasteiger partial charge in [0.25, 0.3) is 0 Å². The monoisotopic (exact) mass is 650 g/mol. The normalized spacial score (nSPS) is 12.1. The van der Waals surface area contributed by atoms with Gasteiger partial charge >= 0.3 is 0 Å². The molecule has 0 saturated heterocycles. The van der Waals surface area contributed by atoms with Crippen LogP contribution in [0.15, 0.2) is 180 Å². The molecule has 6 aromatic rings. The highest BCUT2D eigenvalue weighted by molar-refractivity contribution is 8.00. The maximum absolute atomic E-state index is 13.5. The summed E-state index contributed by atoms with van der Waals surface area (Å²) in [5.41, 5.74) is 5.68. The van der Waals surface area contributed by atoms with Crippen LogP contribution in [0.4, 0.5) is 11.4 Å². The molecule has 2 unspecified atom stereocenters. The van der Waals surface area contributed by atoms with Crippen molar-refractivity contribution in [3.63, 3.8) is 0 Å². The van der Waals surface area contributed by atoms with Gasteiger partial charge in [-0.25, -0.2) is 0 Å². The molecular weight excluding hydrogens is 617 g/mol.